The molecule has 131 heavy (non-hydrogen) atoms. The number of thiazole rings is 3. The highest BCUT2D eigenvalue weighted by molar-refractivity contribution is 7.98. The van der Waals surface area contributed by atoms with Crippen LogP contribution in [0.5, 0.6) is 0 Å². The molecule has 4 aromatic carbocycles. The summed E-state index contributed by atoms with van der Waals surface area (Å²) in [5, 5.41) is 23.4. The molecule has 0 saturated heterocycles. The van der Waals surface area contributed by atoms with Crippen LogP contribution in [0.15, 0.2) is 190 Å². The summed E-state index contributed by atoms with van der Waals surface area (Å²) in [6.07, 6.45) is 19.0. The summed E-state index contributed by atoms with van der Waals surface area (Å²) in [7, 11) is -5.44. The second kappa shape index (κ2) is 33.8. The number of aromatic nitrogens is 13. The maximum absolute atomic E-state index is 14.6. The van der Waals surface area contributed by atoms with Gasteiger partial charge in [-0.2, -0.15) is 51.8 Å². The van der Waals surface area contributed by atoms with Gasteiger partial charge < -0.3 is 0 Å². The van der Waals surface area contributed by atoms with E-state index >= 15 is 0 Å². The minimum Gasteiger partial charge on any atom is -0.290 e. The van der Waals surface area contributed by atoms with Gasteiger partial charge in [0.25, 0.3) is 0 Å². The number of nitrogens with zero attached hydrogens (tertiary/aromatic N) is 16. The van der Waals surface area contributed by atoms with Crippen LogP contribution in [0.1, 0.15) is 187 Å². The minimum atomic E-state index is -4.64. The van der Waals surface area contributed by atoms with Crippen molar-refractivity contribution in [3.8, 4) is 17.1 Å². The lowest BCUT2D eigenvalue weighted by molar-refractivity contribution is -0.135. The molecule has 6 fully saturated rings. The van der Waals surface area contributed by atoms with Crippen molar-refractivity contribution in [2.75, 3.05) is 6.54 Å². The summed E-state index contributed by atoms with van der Waals surface area (Å²) in [5.74, 6) is 10.4. The van der Waals surface area contributed by atoms with E-state index in [2.05, 4.69) is 64.1 Å². The first-order valence-electron chi connectivity index (χ1n) is 42.9. The molecule has 9 atom stereocenters. The number of benzene rings is 4. The Morgan fingerprint density at radius 1 is 0.435 bits per heavy atom. The Balaban J connectivity index is 0.000000127. The van der Waals surface area contributed by atoms with Crippen LogP contribution in [0.25, 0.3) is 35.3 Å². The van der Waals surface area contributed by atoms with Crippen molar-refractivity contribution in [3.63, 3.8) is 0 Å². The lowest BCUT2D eigenvalue weighted by Crippen LogP contribution is -2.51. The van der Waals surface area contributed by atoms with Gasteiger partial charge in [-0.25, -0.2) is 72.1 Å². The largest absolute Gasteiger partial charge is 0.427 e. The second-order valence-electron chi connectivity index (χ2n) is 35.1. The minimum absolute atomic E-state index is 0.00163. The van der Waals surface area contributed by atoms with Gasteiger partial charge in [0.05, 0.1) is 110 Å². The standard InChI is InChI=1S/C32H27F5N4O2S2.C31H33FN6O2S2.C30H28F4N6O2S2/c1-45(43,26-12-5-22(34)6-13-26)41(24-10-11-24)25-7-2-20-14-27-19(17-39-40(27)23-8-3-21(33)4-9-23)15-31(20,16-25)29(42)30-38-18-28(44-30)32(35,36)37;1-4-37(42(3,40)28-13-14-36(2)35-28)25-10-7-22-15-26-21(18-34-38(26)24-11-8-23(32)9-12-24)16-31(22,17-25)29(39)30-33-19-27(41-30)20-5-6-20;1-38-12-11-26(37-38)44(2,42)40(22-9-10-22)23-6-3-19-13-24-18(16-36-39(24)21-7-4-20(31)5-8-21)14-29(19,15-23)27(41)28-35-17-25(43-28)30(32,33)34/h3-6,8-9,12-14,17-18,24-25H,1-2,7,10-11,15-16H2;8-9,11-15,18-20,25H,3-7,10,16-17H2,1-2H3;4-5,7-8,11-13,16-17,22-23H,2-3,6,9-10,14-15H2,1H3/t25-,31-,45?;25-,31-,42?;23-,29-,44?/m000/s1. The molecular weight excluding hydrogens is 1820 g/mol. The first kappa shape index (κ1) is 89.5. The summed E-state index contributed by atoms with van der Waals surface area (Å²) in [6.45, 7) is 2.51. The zero-order valence-electron chi connectivity index (χ0n) is 71.1. The first-order chi connectivity index (χ1) is 62.4. The number of allylic oxidation sites excluding steroid dienone is 3. The molecule has 0 N–H and O–H groups in total. The van der Waals surface area contributed by atoms with Crippen LogP contribution in [0.4, 0.5) is 43.9 Å². The third-order valence-electron chi connectivity index (χ3n) is 26.6. The van der Waals surface area contributed by atoms with Crippen molar-refractivity contribution >= 4 is 116 Å². The Morgan fingerprint density at radius 2 is 0.779 bits per heavy atom. The highest BCUT2D eigenvalue weighted by atomic mass is 32.2. The number of rotatable bonds is 22. The van der Waals surface area contributed by atoms with Crippen molar-refractivity contribution < 1.29 is 70.9 Å². The molecule has 8 aromatic heterocycles. The van der Waals surface area contributed by atoms with Gasteiger partial charge in [0.2, 0.25) is 17.3 Å². The summed E-state index contributed by atoms with van der Waals surface area (Å²) >= 11 is 2.19. The third-order valence-corrected chi connectivity index (χ3v) is 36.5. The number of fused-ring (bicyclic) bond motifs is 6. The van der Waals surface area contributed by atoms with Crippen LogP contribution in [0.3, 0.4) is 0 Å². The molecule has 9 aliphatic carbocycles. The number of carbonyl (C=O) groups excluding carboxylic acids is 3. The van der Waals surface area contributed by atoms with Gasteiger partial charge in [-0.3, -0.25) is 23.7 Å². The van der Waals surface area contributed by atoms with Crippen molar-refractivity contribution in [1.82, 2.24) is 76.8 Å². The number of alkyl halides is 6. The Bertz CT molecular complexity index is 6950. The normalized spacial score (nSPS) is 23.1. The fourth-order valence-electron chi connectivity index (χ4n) is 19.9. The van der Waals surface area contributed by atoms with Crippen molar-refractivity contribution in [2.24, 2.45) is 30.3 Å². The fraction of sp³-hybridized carbons (Fsp3) is 0.355. The zero-order chi connectivity index (χ0) is 92.0. The van der Waals surface area contributed by atoms with Crippen LogP contribution in [-0.2, 0) is 74.8 Å². The molecule has 6 saturated carbocycles. The summed E-state index contributed by atoms with van der Waals surface area (Å²) < 4.78 is 193. The number of halogens is 10. The van der Waals surface area contributed by atoms with E-state index in [1.54, 1.807) is 106 Å². The van der Waals surface area contributed by atoms with E-state index in [4.69, 9.17) is 0 Å². The van der Waals surface area contributed by atoms with E-state index < -0.39 is 96.7 Å². The molecule has 0 amide bonds. The molecule has 682 valence electrons. The molecule has 0 aliphatic heterocycles. The van der Waals surface area contributed by atoms with Crippen LogP contribution < -0.4 is 0 Å². The Morgan fingerprint density at radius 3 is 1.12 bits per heavy atom. The molecule has 21 rings (SSSR count). The number of hydrogen-bond donors (Lipinski definition) is 0. The maximum Gasteiger partial charge on any atom is 0.427 e. The molecule has 0 spiro atoms. The topological polar surface area (TPSA) is 240 Å². The van der Waals surface area contributed by atoms with Crippen LogP contribution in [-0.4, -0.2) is 161 Å². The first-order valence-corrected chi connectivity index (χ1v) is 50.4. The zero-order valence-corrected chi connectivity index (χ0v) is 76.0. The predicted octanol–water partition coefficient (Wildman–Crippen LogP) is 18.3. The van der Waals surface area contributed by atoms with Gasteiger partial charge in [-0.1, -0.05) is 23.6 Å². The van der Waals surface area contributed by atoms with E-state index in [9.17, 15) is 70.9 Å². The highest BCUT2D eigenvalue weighted by Gasteiger charge is 2.58. The quantitative estimate of drug-likeness (QED) is 0.0348. The Hall–Kier alpha value is -10.7. The second-order valence-corrected chi connectivity index (χ2v) is 44.7. The molecule has 9 aliphatic rings. The molecule has 0 radical (unpaired) electrons. The van der Waals surface area contributed by atoms with Gasteiger partial charge >= 0.3 is 12.4 Å². The van der Waals surface area contributed by atoms with Gasteiger partial charge in [0.15, 0.2) is 25.1 Å². The van der Waals surface area contributed by atoms with E-state index in [1.807, 2.05) is 49.1 Å². The molecular formula is C93H88F10N16O6S6. The Labute approximate surface area is 760 Å². The van der Waals surface area contributed by atoms with Gasteiger partial charge in [0, 0.05) is 79.2 Å². The number of hydrogen-bond acceptors (Lipinski definition) is 17. The van der Waals surface area contributed by atoms with Gasteiger partial charge in [-0.05, 0) is 283 Å². The predicted molar refractivity (Wildman–Crippen MR) is 483 cm³/mol. The monoisotopic (exact) mass is 1910 g/mol. The van der Waals surface area contributed by atoms with Crippen LogP contribution in [0, 0.1) is 39.5 Å². The molecule has 0 bridgehead atoms. The number of Topliss-reactive ketones (excluding diaryl/α,β-unsaturated/α-hetero) is 3. The average Bonchev–Trinajstić information content (AvgIpc) is 1.68. The molecule has 3 unspecified atom stereocenters. The summed E-state index contributed by atoms with van der Waals surface area (Å²) in [4.78, 5) is 55.7. The van der Waals surface area contributed by atoms with E-state index in [0.717, 1.165) is 89.9 Å². The van der Waals surface area contributed by atoms with E-state index in [1.165, 1.54) is 76.9 Å². The molecule has 38 heteroatoms. The lowest BCUT2D eigenvalue weighted by Gasteiger charge is -2.47. The number of aryl methyl sites for hydroxylation is 2. The van der Waals surface area contributed by atoms with Gasteiger partial charge in [-0.15, -0.1) is 34.0 Å². The lowest BCUT2D eigenvalue weighted by atomic mass is 9.61. The number of carbonyl (C=O) groups is 3. The maximum atomic E-state index is 14.6. The summed E-state index contributed by atoms with van der Waals surface area (Å²) in [6, 6.07) is 25.9. The van der Waals surface area contributed by atoms with Crippen LogP contribution in [0.2, 0.25) is 0 Å². The van der Waals surface area contributed by atoms with E-state index in [0.29, 0.717) is 135 Å². The Kier molecular flexibility index (Phi) is 23.1. The summed E-state index contributed by atoms with van der Waals surface area (Å²) in [5.41, 5.74) is 6.00. The molecule has 12 aromatic rings. The number of ketones is 3. The van der Waals surface area contributed by atoms with Crippen molar-refractivity contribution in [1.29, 1.82) is 0 Å². The average molecular weight is 1910 g/mol. The van der Waals surface area contributed by atoms with Crippen molar-refractivity contribution in [2.45, 2.75) is 186 Å². The highest BCUT2D eigenvalue weighted by Crippen LogP contribution is 2.58. The fourth-order valence-corrected chi connectivity index (χ4v) is 28.8. The molecule has 22 nitrogen and oxygen atoms in total. The van der Waals surface area contributed by atoms with E-state index in [-0.39, 0.29) is 77.3 Å². The van der Waals surface area contributed by atoms with Crippen molar-refractivity contribution in [3.05, 3.63) is 262 Å². The molecule has 8 heterocycles. The van der Waals surface area contributed by atoms with Gasteiger partial charge in [0.1, 0.15) is 33.0 Å². The van der Waals surface area contributed by atoms with Crippen LogP contribution >= 0.6 is 34.0 Å². The third kappa shape index (κ3) is 16.7. The SMILES string of the molecule is C=S(=O)(c1ccc(F)cc1)N(C1CC1)[C@H]1CCC2=Cc3c(cnn3-c3ccc(F)cc3)C[C@]2(C(=O)c2ncc(C(F)(F)F)s2)C1.C=S(=O)(c1ccn(C)n1)N(C1CC1)[C@H]1CCC2=Cc3c(cnn3-c3ccc(F)cc3)C[C@]2(C(=O)c2ncc(C(F)(F)F)s2)C1.C=S(=O)(c1ccn(C)n1)N(CC)[C@H]1CCC2=Cc3c(cnn3-c3ccc(F)cc3)C[C@]2(C(=O)c2ncc(C3CC3)s2)C1. The smallest absolute Gasteiger partial charge is 0.290 e.